The van der Waals surface area contributed by atoms with Crippen LogP contribution >= 0.6 is 11.6 Å². The van der Waals surface area contributed by atoms with E-state index in [4.69, 9.17) is 17.3 Å². The molecule has 1 fully saturated rings. The van der Waals surface area contributed by atoms with Crippen molar-refractivity contribution in [1.82, 2.24) is 24.8 Å². The molecule has 8 nitrogen and oxygen atoms in total. The highest BCUT2D eigenvalue weighted by Gasteiger charge is 2.27. The zero-order valence-corrected chi connectivity index (χ0v) is 16.6. The largest absolute Gasteiger partial charge is 0.368 e. The molecule has 4 rings (SSSR count). The number of piperidine rings is 1. The number of hydrogen-bond acceptors (Lipinski definition) is 6. The van der Waals surface area contributed by atoms with E-state index in [1.165, 1.54) is 0 Å². The molecular weight excluding hydrogens is 397 g/mol. The Hall–Kier alpha value is -2.78. The number of nitrogens with two attached hydrogens (primary N) is 1. The SMILES string of the molecule is CC(C(N)=O)N1CCC[C@H](Nc2nc(-c3c[nH]c4ncc(Cl)cc34)ncc2F)C1. The number of aromatic amines is 1. The molecule has 1 aliphatic heterocycles. The number of halogens is 2. The summed E-state index contributed by atoms with van der Waals surface area (Å²) in [6.07, 6.45) is 6.13. The van der Waals surface area contributed by atoms with Gasteiger partial charge in [-0.05, 0) is 32.4 Å². The van der Waals surface area contributed by atoms with Crippen molar-refractivity contribution in [3.05, 3.63) is 35.5 Å². The lowest BCUT2D eigenvalue weighted by Crippen LogP contribution is -2.50. The van der Waals surface area contributed by atoms with Crippen LogP contribution in [0.5, 0.6) is 0 Å². The Morgan fingerprint density at radius 3 is 3.07 bits per heavy atom. The third-order valence-electron chi connectivity index (χ3n) is 5.24. The number of carbonyl (C=O) groups is 1. The molecule has 10 heteroatoms. The Balaban J connectivity index is 1.59. The molecule has 29 heavy (non-hydrogen) atoms. The first-order valence-corrected chi connectivity index (χ1v) is 9.75. The predicted molar refractivity (Wildman–Crippen MR) is 109 cm³/mol. The van der Waals surface area contributed by atoms with E-state index in [1.807, 2.05) is 4.90 Å². The van der Waals surface area contributed by atoms with Crippen molar-refractivity contribution in [2.45, 2.75) is 31.8 Å². The number of aromatic nitrogens is 4. The van der Waals surface area contributed by atoms with E-state index in [0.717, 1.165) is 31.0 Å². The fraction of sp³-hybridized carbons (Fsp3) is 0.368. The molecule has 152 valence electrons. The second-order valence-corrected chi connectivity index (χ2v) is 7.64. The molecule has 1 amide bonds. The van der Waals surface area contributed by atoms with Crippen molar-refractivity contribution in [3.63, 3.8) is 0 Å². The standard InChI is InChI=1S/C19H21ClFN7O/c1-10(16(22)29)28-4-2-3-12(9-28)26-19-15(21)8-25-18(27-19)14-7-24-17-13(14)5-11(20)6-23-17/h5-8,10,12H,2-4,9H2,1H3,(H2,22,29)(H,23,24)(H,25,26,27)/t10?,12-/m0/s1. The molecule has 4 N–H and O–H groups in total. The van der Waals surface area contributed by atoms with Gasteiger partial charge in [0.25, 0.3) is 0 Å². The molecule has 1 aliphatic rings. The minimum Gasteiger partial charge on any atom is -0.368 e. The zero-order valence-electron chi connectivity index (χ0n) is 15.8. The Labute approximate surface area is 171 Å². The summed E-state index contributed by atoms with van der Waals surface area (Å²) in [4.78, 5) is 29.3. The van der Waals surface area contributed by atoms with Gasteiger partial charge in [0, 0.05) is 35.9 Å². The molecule has 2 atom stereocenters. The van der Waals surface area contributed by atoms with Crippen molar-refractivity contribution < 1.29 is 9.18 Å². The number of carbonyl (C=O) groups excluding carboxylic acids is 1. The molecule has 3 aromatic heterocycles. The number of primary amides is 1. The van der Waals surface area contributed by atoms with Gasteiger partial charge in [0.15, 0.2) is 17.5 Å². The predicted octanol–water partition coefficient (Wildman–Crippen LogP) is 2.56. The van der Waals surface area contributed by atoms with Crippen molar-refractivity contribution >= 4 is 34.4 Å². The van der Waals surface area contributed by atoms with E-state index < -0.39 is 5.82 Å². The highest BCUT2D eigenvalue weighted by Crippen LogP contribution is 2.28. The third-order valence-corrected chi connectivity index (χ3v) is 5.44. The van der Waals surface area contributed by atoms with Crippen LogP contribution in [0.2, 0.25) is 5.02 Å². The summed E-state index contributed by atoms with van der Waals surface area (Å²) in [5.74, 6) is -0.419. The molecule has 0 bridgehead atoms. The van der Waals surface area contributed by atoms with Gasteiger partial charge in [-0.15, -0.1) is 0 Å². The maximum absolute atomic E-state index is 14.4. The highest BCUT2D eigenvalue weighted by atomic mass is 35.5. The summed E-state index contributed by atoms with van der Waals surface area (Å²) in [6.45, 7) is 3.14. The van der Waals surface area contributed by atoms with Crippen LogP contribution < -0.4 is 11.1 Å². The Morgan fingerprint density at radius 2 is 2.28 bits per heavy atom. The number of nitrogens with zero attached hydrogens (tertiary/aromatic N) is 4. The van der Waals surface area contributed by atoms with Gasteiger partial charge in [0.2, 0.25) is 5.91 Å². The van der Waals surface area contributed by atoms with E-state index in [1.54, 1.807) is 25.4 Å². The van der Waals surface area contributed by atoms with E-state index in [0.29, 0.717) is 28.6 Å². The van der Waals surface area contributed by atoms with Crippen LogP contribution in [0, 0.1) is 5.82 Å². The van der Waals surface area contributed by atoms with Crippen LogP contribution in [0.3, 0.4) is 0 Å². The van der Waals surface area contributed by atoms with Crippen LogP contribution in [0.15, 0.2) is 24.7 Å². The van der Waals surface area contributed by atoms with Crippen LogP contribution in [0.1, 0.15) is 19.8 Å². The molecule has 0 aliphatic carbocycles. The molecule has 0 saturated carbocycles. The minimum absolute atomic E-state index is 0.0538. The number of pyridine rings is 1. The Bertz CT molecular complexity index is 1060. The molecule has 1 saturated heterocycles. The van der Waals surface area contributed by atoms with Crippen LogP contribution in [0.4, 0.5) is 10.2 Å². The molecule has 3 aromatic rings. The highest BCUT2D eigenvalue weighted by molar-refractivity contribution is 6.31. The van der Waals surface area contributed by atoms with E-state index in [9.17, 15) is 9.18 Å². The smallest absolute Gasteiger partial charge is 0.234 e. The number of likely N-dealkylation sites (tertiary alicyclic amines) is 1. The van der Waals surface area contributed by atoms with Crippen molar-refractivity contribution in [1.29, 1.82) is 0 Å². The first-order chi connectivity index (χ1) is 13.9. The maximum Gasteiger partial charge on any atom is 0.234 e. The Kier molecular flexibility index (Phi) is 5.33. The topological polar surface area (TPSA) is 113 Å². The lowest BCUT2D eigenvalue weighted by Gasteiger charge is -2.36. The average Bonchev–Trinajstić information content (AvgIpc) is 3.12. The third kappa shape index (κ3) is 4.01. The lowest BCUT2D eigenvalue weighted by molar-refractivity contribution is -0.123. The van der Waals surface area contributed by atoms with Crippen LogP contribution in [0.25, 0.3) is 22.4 Å². The second kappa shape index (κ2) is 7.92. The number of H-pyrrole nitrogens is 1. The summed E-state index contributed by atoms with van der Waals surface area (Å²) >= 11 is 6.05. The summed E-state index contributed by atoms with van der Waals surface area (Å²) in [5, 5.41) is 4.41. The molecule has 0 spiro atoms. The van der Waals surface area contributed by atoms with Gasteiger partial charge in [0.05, 0.1) is 17.3 Å². The maximum atomic E-state index is 14.4. The number of hydrogen-bond donors (Lipinski definition) is 3. The van der Waals surface area contributed by atoms with Gasteiger partial charge in [-0.1, -0.05) is 11.6 Å². The molecular formula is C19H21ClFN7O. The number of anilines is 1. The number of nitrogens with one attached hydrogen (secondary N) is 2. The zero-order chi connectivity index (χ0) is 20.5. The van der Waals surface area contributed by atoms with Crippen molar-refractivity contribution in [2.24, 2.45) is 5.73 Å². The molecule has 1 unspecified atom stereocenters. The van der Waals surface area contributed by atoms with Gasteiger partial charge < -0.3 is 16.0 Å². The Morgan fingerprint density at radius 1 is 1.45 bits per heavy atom. The van der Waals surface area contributed by atoms with E-state index in [-0.39, 0.29) is 23.8 Å². The van der Waals surface area contributed by atoms with Crippen LogP contribution in [-0.4, -0.2) is 55.9 Å². The molecule has 4 heterocycles. The van der Waals surface area contributed by atoms with Crippen molar-refractivity contribution in [3.8, 4) is 11.4 Å². The van der Waals surface area contributed by atoms with E-state index >= 15 is 0 Å². The average molecular weight is 418 g/mol. The monoisotopic (exact) mass is 417 g/mol. The summed E-state index contributed by atoms with van der Waals surface area (Å²) in [6, 6.07) is 1.34. The van der Waals surface area contributed by atoms with Crippen LogP contribution in [-0.2, 0) is 4.79 Å². The molecule has 0 radical (unpaired) electrons. The van der Waals surface area contributed by atoms with E-state index in [2.05, 4.69) is 25.3 Å². The minimum atomic E-state index is -0.537. The quantitative estimate of drug-likeness (QED) is 0.588. The van der Waals surface area contributed by atoms with Crippen molar-refractivity contribution in [2.75, 3.05) is 18.4 Å². The fourth-order valence-electron chi connectivity index (χ4n) is 3.61. The number of rotatable bonds is 5. The van der Waals surface area contributed by atoms with Gasteiger partial charge >= 0.3 is 0 Å². The first kappa shape index (κ1) is 19.5. The number of amides is 1. The number of fused-ring (bicyclic) bond motifs is 1. The van der Waals surface area contributed by atoms with Gasteiger partial charge in [-0.2, -0.15) is 0 Å². The normalized spacial score (nSPS) is 18.7. The fourth-order valence-corrected chi connectivity index (χ4v) is 3.77. The van der Waals surface area contributed by atoms with Gasteiger partial charge in [-0.25, -0.2) is 19.3 Å². The summed E-state index contributed by atoms with van der Waals surface area (Å²) in [7, 11) is 0. The summed E-state index contributed by atoms with van der Waals surface area (Å²) < 4.78 is 14.4. The first-order valence-electron chi connectivity index (χ1n) is 9.38. The van der Waals surface area contributed by atoms with Gasteiger partial charge in [0.1, 0.15) is 5.65 Å². The second-order valence-electron chi connectivity index (χ2n) is 7.20. The lowest BCUT2D eigenvalue weighted by atomic mass is 10.0. The molecule has 0 aromatic carbocycles. The van der Waals surface area contributed by atoms with Gasteiger partial charge in [-0.3, -0.25) is 9.69 Å². The summed E-state index contributed by atoms with van der Waals surface area (Å²) in [5.41, 5.74) is 6.75.